The van der Waals surface area contributed by atoms with Crippen LogP contribution >= 0.6 is 0 Å². The normalized spacial score (nSPS) is 14.5. The number of carbonyl (C=O) groups excluding carboxylic acids is 1. The van der Waals surface area contributed by atoms with Crippen LogP contribution in [0.5, 0.6) is 11.5 Å². The van der Waals surface area contributed by atoms with Gasteiger partial charge in [-0.15, -0.1) is 0 Å². The Bertz CT molecular complexity index is 835. The van der Waals surface area contributed by atoms with Gasteiger partial charge < -0.3 is 24.6 Å². The van der Waals surface area contributed by atoms with Crippen LogP contribution in [-0.4, -0.2) is 51.3 Å². The smallest absolute Gasteiger partial charge is 0.322 e. The van der Waals surface area contributed by atoms with Gasteiger partial charge >= 0.3 is 6.03 Å². The van der Waals surface area contributed by atoms with Crippen molar-refractivity contribution in [2.45, 2.75) is 26.2 Å². The first-order valence-electron chi connectivity index (χ1n) is 9.95. The quantitative estimate of drug-likeness (QED) is 0.833. The molecule has 29 heavy (non-hydrogen) atoms. The molecule has 1 N–H and O–H groups in total. The molecule has 1 fully saturated rings. The minimum absolute atomic E-state index is 0.115. The van der Waals surface area contributed by atoms with Gasteiger partial charge in [-0.1, -0.05) is 32.9 Å². The number of carbonyl (C=O) groups is 1. The maximum Gasteiger partial charge on any atom is 0.322 e. The molecule has 0 atom stereocenters. The predicted octanol–water partition coefficient (Wildman–Crippen LogP) is 4.36. The van der Waals surface area contributed by atoms with Crippen molar-refractivity contribution in [3.05, 3.63) is 48.0 Å². The lowest BCUT2D eigenvalue weighted by Crippen LogP contribution is -2.50. The van der Waals surface area contributed by atoms with Crippen molar-refractivity contribution in [1.82, 2.24) is 4.90 Å². The van der Waals surface area contributed by atoms with Crippen LogP contribution in [0, 0.1) is 0 Å². The molecular formula is C23H31N3O3. The highest BCUT2D eigenvalue weighted by Crippen LogP contribution is 2.29. The molecule has 0 aromatic heterocycles. The van der Waals surface area contributed by atoms with Gasteiger partial charge in [-0.2, -0.15) is 0 Å². The van der Waals surface area contributed by atoms with Gasteiger partial charge in [0.1, 0.15) is 11.5 Å². The molecule has 156 valence electrons. The van der Waals surface area contributed by atoms with Gasteiger partial charge in [-0.05, 0) is 35.2 Å². The molecule has 0 unspecified atom stereocenters. The molecule has 6 nitrogen and oxygen atoms in total. The van der Waals surface area contributed by atoms with Gasteiger partial charge in [-0.25, -0.2) is 4.79 Å². The van der Waals surface area contributed by atoms with Crippen molar-refractivity contribution < 1.29 is 14.3 Å². The molecule has 3 rings (SSSR count). The van der Waals surface area contributed by atoms with Gasteiger partial charge in [0.05, 0.1) is 19.9 Å². The number of amides is 2. The Morgan fingerprint density at radius 1 is 0.931 bits per heavy atom. The number of rotatable bonds is 4. The number of nitrogens with zero attached hydrogens (tertiary/aromatic N) is 2. The zero-order valence-electron chi connectivity index (χ0n) is 18.0. The Balaban J connectivity index is 1.58. The minimum atomic E-state index is -0.115. The van der Waals surface area contributed by atoms with Crippen molar-refractivity contribution in [3.63, 3.8) is 0 Å². The molecule has 2 aromatic rings. The van der Waals surface area contributed by atoms with Crippen molar-refractivity contribution in [2.24, 2.45) is 0 Å². The molecule has 0 radical (unpaired) electrons. The minimum Gasteiger partial charge on any atom is -0.497 e. The third-order valence-electron chi connectivity index (χ3n) is 5.32. The third-order valence-corrected chi connectivity index (χ3v) is 5.32. The Morgan fingerprint density at radius 3 is 2.14 bits per heavy atom. The van der Waals surface area contributed by atoms with Crippen molar-refractivity contribution in [2.75, 3.05) is 50.6 Å². The largest absolute Gasteiger partial charge is 0.497 e. The molecule has 2 amide bonds. The number of hydrogen-bond acceptors (Lipinski definition) is 4. The van der Waals surface area contributed by atoms with E-state index in [4.69, 9.17) is 9.47 Å². The first-order chi connectivity index (χ1) is 13.8. The van der Waals surface area contributed by atoms with Crippen molar-refractivity contribution >= 4 is 17.4 Å². The van der Waals surface area contributed by atoms with E-state index in [0.29, 0.717) is 30.3 Å². The number of ether oxygens (including phenoxy) is 2. The summed E-state index contributed by atoms with van der Waals surface area (Å²) < 4.78 is 10.6. The topological polar surface area (TPSA) is 54.0 Å². The summed E-state index contributed by atoms with van der Waals surface area (Å²) in [6.45, 7) is 9.62. The van der Waals surface area contributed by atoms with Gasteiger partial charge in [0.2, 0.25) is 0 Å². The second-order valence-electron chi connectivity index (χ2n) is 8.27. The molecule has 0 bridgehead atoms. The fourth-order valence-electron chi connectivity index (χ4n) is 3.44. The van der Waals surface area contributed by atoms with Crippen LogP contribution < -0.4 is 19.7 Å². The summed E-state index contributed by atoms with van der Waals surface area (Å²) >= 11 is 0. The highest BCUT2D eigenvalue weighted by atomic mass is 16.5. The summed E-state index contributed by atoms with van der Waals surface area (Å²) in [6.07, 6.45) is 0. The molecule has 1 saturated heterocycles. The lowest BCUT2D eigenvalue weighted by atomic mass is 9.87. The third kappa shape index (κ3) is 4.94. The number of piperazine rings is 1. The molecule has 0 saturated carbocycles. The second kappa shape index (κ2) is 8.64. The van der Waals surface area contributed by atoms with Crippen LogP contribution in [-0.2, 0) is 5.41 Å². The van der Waals surface area contributed by atoms with E-state index in [-0.39, 0.29) is 11.4 Å². The average molecular weight is 398 g/mol. The van der Waals surface area contributed by atoms with Gasteiger partial charge in [0.15, 0.2) is 0 Å². The molecule has 1 aliphatic rings. The number of anilines is 2. The lowest BCUT2D eigenvalue weighted by molar-refractivity contribution is 0.208. The molecule has 1 heterocycles. The lowest BCUT2D eigenvalue weighted by Gasteiger charge is -2.36. The first-order valence-corrected chi connectivity index (χ1v) is 9.95. The maximum absolute atomic E-state index is 12.7. The summed E-state index contributed by atoms with van der Waals surface area (Å²) in [5.74, 6) is 1.27. The highest BCUT2D eigenvalue weighted by Gasteiger charge is 2.23. The SMILES string of the molecule is COc1ccc(NC(=O)N2CCN(c3ccc(C(C)(C)C)cc3)CC2)c(OC)c1. The van der Waals surface area contributed by atoms with Crippen LogP contribution in [0.3, 0.4) is 0 Å². The average Bonchev–Trinajstić information content (AvgIpc) is 2.73. The van der Waals surface area contributed by atoms with E-state index in [1.807, 2.05) is 4.90 Å². The van der Waals surface area contributed by atoms with Gasteiger partial charge in [-0.3, -0.25) is 0 Å². The van der Waals surface area contributed by atoms with Crippen molar-refractivity contribution in [3.8, 4) is 11.5 Å². The molecule has 0 spiro atoms. The Kier molecular flexibility index (Phi) is 6.20. The monoisotopic (exact) mass is 397 g/mol. The fourth-order valence-corrected chi connectivity index (χ4v) is 3.44. The highest BCUT2D eigenvalue weighted by molar-refractivity contribution is 5.91. The first kappa shape index (κ1) is 20.8. The van der Waals surface area contributed by atoms with Crippen LogP contribution in [0.4, 0.5) is 16.2 Å². The molecule has 2 aromatic carbocycles. The van der Waals surface area contributed by atoms with Crippen LogP contribution in [0.2, 0.25) is 0 Å². The zero-order chi connectivity index (χ0) is 21.0. The van der Waals surface area contributed by atoms with Crippen LogP contribution in [0.15, 0.2) is 42.5 Å². The maximum atomic E-state index is 12.7. The summed E-state index contributed by atoms with van der Waals surface area (Å²) in [5, 5.41) is 2.95. The van der Waals surface area contributed by atoms with Crippen LogP contribution in [0.1, 0.15) is 26.3 Å². The fraction of sp³-hybridized carbons (Fsp3) is 0.435. The van der Waals surface area contributed by atoms with Gasteiger partial charge in [0.25, 0.3) is 0 Å². The molecule has 0 aliphatic carbocycles. The Labute approximate surface area is 173 Å². The molecule has 6 heteroatoms. The van der Waals surface area contributed by atoms with E-state index in [9.17, 15) is 4.79 Å². The van der Waals surface area contributed by atoms with Crippen molar-refractivity contribution in [1.29, 1.82) is 0 Å². The summed E-state index contributed by atoms with van der Waals surface area (Å²) in [5.41, 5.74) is 3.32. The van der Waals surface area contributed by atoms with E-state index < -0.39 is 0 Å². The van der Waals surface area contributed by atoms with E-state index in [0.717, 1.165) is 13.1 Å². The molecular weight excluding hydrogens is 366 g/mol. The number of benzene rings is 2. The Hall–Kier alpha value is -2.89. The number of hydrogen-bond donors (Lipinski definition) is 1. The number of urea groups is 1. The van der Waals surface area contributed by atoms with E-state index >= 15 is 0 Å². The zero-order valence-corrected chi connectivity index (χ0v) is 18.0. The van der Waals surface area contributed by atoms with E-state index in [1.54, 1.807) is 32.4 Å². The van der Waals surface area contributed by atoms with Crippen LogP contribution in [0.25, 0.3) is 0 Å². The molecule has 1 aliphatic heterocycles. The standard InChI is InChI=1S/C23H31N3O3/c1-23(2,3)17-6-8-18(9-7-17)25-12-14-26(15-13-25)22(27)24-20-11-10-19(28-4)16-21(20)29-5/h6-11,16H,12-15H2,1-5H3,(H,24,27). The summed E-state index contributed by atoms with van der Waals surface area (Å²) in [7, 11) is 3.18. The number of nitrogens with one attached hydrogen (secondary N) is 1. The van der Waals surface area contributed by atoms with E-state index in [2.05, 4.69) is 55.3 Å². The number of methoxy groups -OCH3 is 2. The second-order valence-corrected chi connectivity index (χ2v) is 8.27. The predicted molar refractivity (Wildman–Crippen MR) is 117 cm³/mol. The van der Waals surface area contributed by atoms with Gasteiger partial charge in [0, 0.05) is 37.9 Å². The van der Waals surface area contributed by atoms with E-state index in [1.165, 1.54) is 11.3 Å². The summed E-state index contributed by atoms with van der Waals surface area (Å²) in [4.78, 5) is 16.9. The summed E-state index contributed by atoms with van der Waals surface area (Å²) in [6, 6.07) is 14.0. The Morgan fingerprint density at radius 2 is 1.59 bits per heavy atom.